The molecule has 2 rings (SSSR count). The Labute approximate surface area is 209 Å². The summed E-state index contributed by atoms with van der Waals surface area (Å²) in [7, 11) is 1.67. The molecular formula is C29H38O6. The molecule has 6 nitrogen and oxygen atoms in total. The fourth-order valence-electron chi connectivity index (χ4n) is 2.88. The lowest BCUT2D eigenvalue weighted by Gasteiger charge is -2.26. The summed E-state index contributed by atoms with van der Waals surface area (Å²) in [6, 6.07) is 16.1. The predicted octanol–water partition coefficient (Wildman–Crippen LogP) is 6.03. The highest BCUT2D eigenvalue weighted by molar-refractivity contribution is 5.87. The van der Waals surface area contributed by atoms with E-state index in [4.69, 9.17) is 18.9 Å². The lowest BCUT2D eigenvalue weighted by atomic mass is 9.78. The van der Waals surface area contributed by atoms with Crippen molar-refractivity contribution in [1.82, 2.24) is 0 Å². The summed E-state index contributed by atoms with van der Waals surface area (Å²) in [6.45, 7) is 17.5. The van der Waals surface area contributed by atoms with Crippen LogP contribution >= 0.6 is 0 Å². The third kappa shape index (κ3) is 10.1. The topological polar surface area (TPSA) is 71.1 Å². The second kappa shape index (κ2) is 14.7. The van der Waals surface area contributed by atoms with Crippen LogP contribution in [0.1, 0.15) is 52.2 Å². The van der Waals surface area contributed by atoms with Gasteiger partial charge in [-0.1, -0.05) is 58.2 Å². The number of esters is 2. The molecule has 0 aliphatic carbocycles. The second-order valence-corrected chi connectivity index (χ2v) is 8.56. The summed E-state index contributed by atoms with van der Waals surface area (Å²) < 4.78 is 20.6. The van der Waals surface area contributed by atoms with Crippen LogP contribution in [0.2, 0.25) is 0 Å². The number of ether oxygens (including phenoxy) is 4. The van der Waals surface area contributed by atoms with E-state index in [0.717, 1.165) is 17.9 Å². The molecule has 190 valence electrons. The fraction of sp³-hybridized carbons (Fsp3) is 0.379. The van der Waals surface area contributed by atoms with Crippen LogP contribution in [0, 0.1) is 0 Å². The standard InChI is InChI=1S/C22H26O4.C7H12O2/c1-16(2)21(23)26-15-14-25-20-12-8-18(9-13-20)22(3,4)17-6-10-19(24-5)11-7-17;1-4-5-9-7(8)6(2)3/h6-13H,1,14-15H2,2-5H3;2,4-5H2,1,3H3. The molecule has 6 heteroatoms. The number of hydrogen-bond donors (Lipinski definition) is 0. The number of methoxy groups -OCH3 is 1. The molecule has 0 unspecified atom stereocenters. The Bertz CT molecular complexity index is 971. The zero-order chi connectivity index (χ0) is 26.4. The van der Waals surface area contributed by atoms with E-state index in [1.165, 1.54) is 11.1 Å². The monoisotopic (exact) mass is 482 g/mol. The van der Waals surface area contributed by atoms with Crippen molar-refractivity contribution >= 4 is 11.9 Å². The van der Waals surface area contributed by atoms with E-state index in [1.807, 2.05) is 31.2 Å². The summed E-state index contributed by atoms with van der Waals surface area (Å²) >= 11 is 0. The average Bonchev–Trinajstić information content (AvgIpc) is 2.85. The first-order valence-corrected chi connectivity index (χ1v) is 11.6. The van der Waals surface area contributed by atoms with E-state index in [2.05, 4.69) is 51.3 Å². The Morgan fingerprint density at radius 3 is 1.57 bits per heavy atom. The second-order valence-electron chi connectivity index (χ2n) is 8.56. The zero-order valence-corrected chi connectivity index (χ0v) is 21.8. The van der Waals surface area contributed by atoms with Crippen LogP contribution in [0.15, 0.2) is 72.8 Å². The van der Waals surface area contributed by atoms with Gasteiger partial charge in [0.25, 0.3) is 0 Å². The quantitative estimate of drug-likeness (QED) is 0.221. The summed E-state index contributed by atoms with van der Waals surface area (Å²) in [5.41, 5.74) is 3.10. The van der Waals surface area contributed by atoms with E-state index < -0.39 is 5.97 Å². The molecule has 0 atom stereocenters. The van der Waals surface area contributed by atoms with Crippen molar-refractivity contribution in [3.8, 4) is 11.5 Å². The van der Waals surface area contributed by atoms with Gasteiger partial charge in [-0.3, -0.25) is 0 Å². The van der Waals surface area contributed by atoms with Gasteiger partial charge in [0, 0.05) is 16.6 Å². The summed E-state index contributed by atoms with van der Waals surface area (Å²) in [5, 5.41) is 0. The Morgan fingerprint density at radius 2 is 1.17 bits per heavy atom. The Balaban J connectivity index is 0.000000579. The van der Waals surface area contributed by atoms with Gasteiger partial charge in [0.05, 0.1) is 13.7 Å². The van der Waals surface area contributed by atoms with E-state index >= 15 is 0 Å². The molecular weight excluding hydrogens is 444 g/mol. The molecule has 0 aliphatic rings. The molecule has 0 amide bonds. The van der Waals surface area contributed by atoms with Crippen molar-refractivity contribution in [2.45, 2.75) is 46.5 Å². The highest BCUT2D eigenvalue weighted by atomic mass is 16.6. The maximum Gasteiger partial charge on any atom is 0.333 e. The molecule has 0 radical (unpaired) electrons. The van der Waals surface area contributed by atoms with Crippen molar-refractivity contribution in [3.63, 3.8) is 0 Å². The van der Waals surface area contributed by atoms with Gasteiger partial charge in [0.1, 0.15) is 24.7 Å². The van der Waals surface area contributed by atoms with E-state index in [-0.39, 0.29) is 18.0 Å². The van der Waals surface area contributed by atoms with Gasteiger partial charge in [0.2, 0.25) is 0 Å². The summed E-state index contributed by atoms with van der Waals surface area (Å²) in [4.78, 5) is 21.9. The van der Waals surface area contributed by atoms with Gasteiger partial charge in [-0.2, -0.15) is 0 Å². The van der Waals surface area contributed by atoms with Gasteiger partial charge < -0.3 is 18.9 Å². The third-order valence-corrected chi connectivity index (χ3v) is 5.11. The average molecular weight is 483 g/mol. The van der Waals surface area contributed by atoms with Gasteiger partial charge in [0.15, 0.2) is 0 Å². The maximum absolute atomic E-state index is 11.3. The molecule has 0 aliphatic heterocycles. The fourth-order valence-corrected chi connectivity index (χ4v) is 2.88. The lowest BCUT2D eigenvalue weighted by molar-refractivity contribution is -0.140. The first-order chi connectivity index (χ1) is 16.5. The first kappa shape index (κ1) is 29.5. The lowest BCUT2D eigenvalue weighted by Crippen LogP contribution is -2.18. The number of rotatable bonds is 11. The Hall–Kier alpha value is -3.54. The van der Waals surface area contributed by atoms with Crippen LogP contribution in [-0.4, -0.2) is 38.9 Å². The van der Waals surface area contributed by atoms with Crippen LogP contribution in [-0.2, 0) is 24.5 Å². The van der Waals surface area contributed by atoms with E-state index in [9.17, 15) is 9.59 Å². The largest absolute Gasteiger partial charge is 0.497 e. The number of carbonyl (C=O) groups excluding carboxylic acids is 2. The number of hydrogen-bond acceptors (Lipinski definition) is 6. The van der Waals surface area contributed by atoms with Crippen molar-refractivity contribution < 1.29 is 28.5 Å². The number of benzene rings is 2. The highest BCUT2D eigenvalue weighted by Crippen LogP contribution is 2.33. The molecule has 0 bridgehead atoms. The normalized spacial score (nSPS) is 10.3. The number of carbonyl (C=O) groups is 2. The van der Waals surface area contributed by atoms with Crippen molar-refractivity contribution in [1.29, 1.82) is 0 Å². The van der Waals surface area contributed by atoms with Crippen LogP contribution in [0.25, 0.3) is 0 Å². The molecule has 0 saturated carbocycles. The molecule has 35 heavy (non-hydrogen) atoms. The van der Waals surface area contributed by atoms with E-state index in [0.29, 0.717) is 24.4 Å². The SMILES string of the molecule is C=C(C)C(=O)OCCC.C=C(C)C(=O)OCCOc1ccc(C(C)(C)c2ccc(OC)cc2)cc1. The Kier molecular flexibility index (Phi) is 12.4. The predicted molar refractivity (Wildman–Crippen MR) is 139 cm³/mol. The third-order valence-electron chi connectivity index (χ3n) is 5.11. The van der Waals surface area contributed by atoms with Gasteiger partial charge >= 0.3 is 11.9 Å². The molecule has 2 aromatic carbocycles. The molecule has 2 aromatic rings. The molecule has 0 saturated heterocycles. The van der Waals surface area contributed by atoms with Crippen molar-refractivity contribution in [2.24, 2.45) is 0 Å². The van der Waals surface area contributed by atoms with Crippen LogP contribution in [0.3, 0.4) is 0 Å². The molecule has 0 fully saturated rings. The molecule has 0 spiro atoms. The minimum absolute atomic E-state index is 0.137. The Morgan fingerprint density at radius 1 is 0.743 bits per heavy atom. The van der Waals surface area contributed by atoms with Gasteiger partial charge in [-0.25, -0.2) is 9.59 Å². The molecule has 0 heterocycles. The summed E-state index contributed by atoms with van der Waals surface area (Å²) in [6.07, 6.45) is 0.860. The minimum Gasteiger partial charge on any atom is -0.497 e. The van der Waals surface area contributed by atoms with E-state index in [1.54, 1.807) is 21.0 Å². The van der Waals surface area contributed by atoms with Crippen LogP contribution < -0.4 is 9.47 Å². The van der Waals surface area contributed by atoms with Crippen molar-refractivity contribution in [2.75, 3.05) is 26.9 Å². The van der Waals surface area contributed by atoms with Gasteiger partial charge in [-0.05, 0) is 55.7 Å². The van der Waals surface area contributed by atoms with Crippen LogP contribution in [0.4, 0.5) is 0 Å². The molecule has 0 aromatic heterocycles. The van der Waals surface area contributed by atoms with Crippen molar-refractivity contribution in [3.05, 3.63) is 84.0 Å². The maximum atomic E-state index is 11.3. The smallest absolute Gasteiger partial charge is 0.333 e. The highest BCUT2D eigenvalue weighted by Gasteiger charge is 2.23. The zero-order valence-electron chi connectivity index (χ0n) is 21.8. The van der Waals surface area contributed by atoms with Gasteiger partial charge in [-0.15, -0.1) is 0 Å². The van der Waals surface area contributed by atoms with Crippen LogP contribution in [0.5, 0.6) is 11.5 Å². The minimum atomic E-state index is -0.398. The summed E-state index contributed by atoms with van der Waals surface area (Å²) in [5.74, 6) is 0.897. The molecule has 0 N–H and O–H groups in total. The first-order valence-electron chi connectivity index (χ1n) is 11.6.